The SMILES string of the molecule is Cc1ccsc1CNC1c2cc(Cl)ccc2CC1(C)C. The van der Waals surface area contributed by atoms with Gasteiger partial charge in [-0.1, -0.05) is 31.5 Å². The number of benzene rings is 1. The molecule has 0 saturated carbocycles. The molecule has 20 heavy (non-hydrogen) atoms. The molecule has 0 fully saturated rings. The number of hydrogen-bond acceptors (Lipinski definition) is 2. The first kappa shape index (κ1) is 14.1. The van der Waals surface area contributed by atoms with Gasteiger partial charge in [-0.15, -0.1) is 11.3 Å². The van der Waals surface area contributed by atoms with Crippen molar-refractivity contribution in [1.29, 1.82) is 0 Å². The van der Waals surface area contributed by atoms with Gasteiger partial charge in [0.2, 0.25) is 0 Å². The molecule has 0 amide bonds. The fraction of sp³-hybridized carbons (Fsp3) is 0.412. The zero-order valence-electron chi connectivity index (χ0n) is 12.2. The lowest BCUT2D eigenvalue weighted by Crippen LogP contribution is -2.30. The summed E-state index contributed by atoms with van der Waals surface area (Å²) in [6, 6.07) is 8.87. The Hall–Kier alpha value is -0.830. The predicted molar refractivity (Wildman–Crippen MR) is 87.6 cm³/mol. The Balaban J connectivity index is 1.85. The first-order valence-corrected chi connectivity index (χ1v) is 8.28. The van der Waals surface area contributed by atoms with E-state index in [-0.39, 0.29) is 5.41 Å². The van der Waals surface area contributed by atoms with E-state index in [1.165, 1.54) is 21.6 Å². The summed E-state index contributed by atoms with van der Waals surface area (Å²) in [5.41, 5.74) is 4.42. The molecule has 1 heterocycles. The highest BCUT2D eigenvalue weighted by molar-refractivity contribution is 7.10. The summed E-state index contributed by atoms with van der Waals surface area (Å²) >= 11 is 8.01. The molecule has 0 spiro atoms. The molecule has 2 aromatic rings. The van der Waals surface area contributed by atoms with Crippen LogP contribution in [0, 0.1) is 12.3 Å². The van der Waals surface area contributed by atoms with Crippen LogP contribution in [-0.4, -0.2) is 0 Å². The Morgan fingerprint density at radius 3 is 2.85 bits per heavy atom. The van der Waals surface area contributed by atoms with Gasteiger partial charge in [0.25, 0.3) is 0 Å². The van der Waals surface area contributed by atoms with Crippen molar-refractivity contribution in [2.45, 2.75) is 39.8 Å². The average Bonchev–Trinajstić information content (AvgIpc) is 2.88. The van der Waals surface area contributed by atoms with Gasteiger partial charge in [0, 0.05) is 22.5 Å². The van der Waals surface area contributed by atoms with Gasteiger partial charge in [-0.3, -0.25) is 0 Å². The number of fused-ring (bicyclic) bond motifs is 1. The van der Waals surface area contributed by atoms with Gasteiger partial charge in [0.1, 0.15) is 0 Å². The van der Waals surface area contributed by atoms with Crippen molar-refractivity contribution in [2.75, 3.05) is 0 Å². The maximum absolute atomic E-state index is 6.18. The van der Waals surface area contributed by atoms with Crippen LogP contribution in [0.4, 0.5) is 0 Å². The minimum atomic E-state index is 0.234. The summed E-state index contributed by atoms with van der Waals surface area (Å²) in [6.07, 6.45) is 1.11. The van der Waals surface area contributed by atoms with E-state index in [1.807, 2.05) is 17.4 Å². The van der Waals surface area contributed by atoms with Crippen molar-refractivity contribution < 1.29 is 0 Å². The fourth-order valence-corrected chi connectivity index (χ4v) is 4.21. The monoisotopic (exact) mass is 305 g/mol. The molecule has 1 nitrogen and oxygen atoms in total. The van der Waals surface area contributed by atoms with Crippen LogP contribution in [0.5, 0.6) is 0 Å². The van der Waals surface area contributed by atoms with Gasteiger partial charge in [-0.25, -0.2) is 0 Å². The quantitative estimate of drug-likeness (QED) is 0.829. The lowest BCUT2D eigenvalue weighted by Gasteiger charge is -2.28. The number of rotatable bonds is 3. The van der Waals surface area contributed by atoms with E-state index in [0.717, 1.165) is 18.0 Å². The number of thiophene rings is 1. The number of hydrogen-bond donors (Lipinski definition) is 1. The zero-order valence-corrected chi connectivity index (χ0v) is 13.7. The lowest BCUT2D eigenvalue weighted by atomic mass is 9.85. The first-order chi connectivity index (χ1) is 9.47. The fourth-order valence-electron chi connectivity index (χ4n) is 3.18. The Bertz CT molecular complexity index is 630. The molecule has 106 valence electrons. The molecule has 1 aliphatic carbocycles. The minimum absolute atomic E-state index is 0.234. The van der Waals surface area contributed by atoms with Crippen LogP contribution >= 0.6 is 22.9 Å². The van der Waals surface area contributed by atoms with Crippen LogP contribution in [0.1, 0.15) is 41.5 Å². The van der Waals surface area contributed by atoms with Crippen LogP contribution in [0.2, 0.25) is 5.02 Å². The highest BCUT2D eigenvalue weighted by Gasteiger charge is 2.38. The van der Waals surface area contributed by atoms with E-state index in [0.29, 0.717) is 6.04 Å². The van der Waals surface area contributed by atoms with Crippen molar-refractivity contribution in [3.8, 4) is 0 Å². The van der Waals surface area contributed by atoms with Gasteiger partial charge in [0.05, 0.1) is 0 Å². The standard InChI is InChI=1S/C17H20ClNS/c1-11-6-7-20-15(11)10-19-16-14-8-13(18)5-4-12(14)9-17(16,2)3/h4-8,16,19H,9-10H2,1-3H3. The molecule has 1 aliphatic rings. The molecule has 1 unspecified atom stereocenters. The van der Waals surface area contributed by atoms with Crippen molar-refractivity contribution in [2.24, 2.45) is 5.41 Å². The van der Waals surface area contributed by atoms with Crippen LogP contribution < -0.4 is 5.32 Å². The average molecular weight is 306 g/mol. The Morgan fingerprint density at radius 2 is 2.15 bits per heavy atom. The number of aryl methyl sites for hydroxylation is 1. The normalized spacial score (nSPS) is 20.1. The molecule has 3 rings (SSSR count). The summed E-state index contributed by atoms with van der Waals surface area (Å²) in [4.78, 5) is 1.43. The molecule has 1 aromatic heterocycles. The highest BCUT2D eigenvalue weighted by atomic mass is 35.5. The smallest absolute Gasteiger partial charge is 0.0409 e. The van der Waals surface area contributed by atoms with E-state index in [1.54, 1.807) is 0 Å². The Morgan fingerprint density at radius 1 is 1.35 bits per heavy atom. The number of nitrogens with one attached hydrogen (secondary N) is 1. The third-order valence-corrected chi connectivity index (χ3v) is 5.54. The van der Waals surface area contributed by atoms with Gasteiger partial charge in [-0.2, -0.15) is 0 Å². The second kappa shape index (κ2) is 5.18. The highest BCUT2D eigenvalue weighted by Crippen LogP contribution is 2.46. The Labute approximate surface area is 130 Å². The zero-order chi connectivity index (χ0) is 14.3. The van der Waals surface area contributed by atoms with E-state index in [9.17, 15) is 0 Å². The van der Waals surface area contributed by atoms with Crippen LogP contribution in [0.25, 0.3) is 0 Å². The maximum Gasteiger partial charge on any atom is 0.0409 e. The third-order valence-electron chi connectivity index (χ3n) is 4.28. The second-order valence-corrected chi connectivity index (χ2v) is 7.79. The Kier molecular flexibility index (Phi) is 3.65. The largest absolute Gasteiger partial charge is 0.305 e. The summed E-state index contributed by atoms with van der Waals surface area (Å²) in [7, 11) is 0. The van der Waals surface area contributed by atoms with Crippen molar-refractivity contribution in [3.63, 3.8) is 0 Å². The molecule has 0 radical (unpaired) electrons. The van der Waals surface area contributed by atoms with Crippen molar-refractivity contribution in [1.82, 2.24) is 5.32 Å². The maximum atomic E-state index is 6.18. The first-order valence-electron chi connectivity index (χ1n) is 7.02. The molecule has 3 heteroatoms. The minimum Gasteiger partial charge on any atom is -0.305 e. The van der Waals surface area contributed by atoms with Gasteiger partial charge in [0.15, 0.2) is 0 Å². The van der Waals surface area contributed by atoms with Crippen molar-refractivity contribution in [3.05, 3.63) is 56.2 Å². The molecule has 0 saturated heterocycles. The molecule has 1 N–H and O–H groups in total. The topological polar surface area (TPSA) is 12.0 Å². The number of halogens is 1. The lowest BCUT2D eigenvalue weighted by molar-refractivity contribution is 0.268. The summed E-state index contributed by atoms with van der Waals surface area (Å²) in [5.74, 6) is 0. The molecule has 0 bridgehead atoms. The van der Waals surface area contributed by atoms with Gasteiger partial charge in [-0.05, 0) is 59.0 Å². The van der Waals surface area contributed by atoms with Crippen LogP contribution in [0.3, 0.4) is 0 Å². The van der Waals surface area contributed by atoms with Crippen LogP contribution in [0.15, 0.2) is 29.6 Å². The van der Waals surface area contributed by atoms with E-state index in [4.69, 9.17) is 11.6 Å². The molecular weight excluding hydrogens is 286 g/mol. The summed E-state index contributed by atoms with van der Waals surface area (Å²) in [6.45, 7) is 7.78. The van der Waals surface area contributed by atoms with Crippen LogP contribution in [-0.2, 0) is 13.0 Å². The van der Waals surface area contributed by atoms with E-state index < -0.39 is 0 Å². The summed E-state index contributed by atoms with van der Waals surface area (Å²) in [5, 5.41) is 6.75. The van der Waals surface area contributed by atoms with E-state index >= 15 is 0 Å². The van der Waals surface area contributed by atoms with E-state index in [2.05, 4.69) is 49.7 Å². The molecule has 1 atom stereocenters. The third kappa shape index (κ3) is 2.52. The predicted octanol–water partition coefficient (Wildman–Crippen LogP) is 5.12. The molecule has 1 aromatic carbocycles. The second-order valence-electron chi connectivity index (χ2n) is 6.35. The molecular formula is C17H20ClNS. The van der Waals surface area contributed by atoms with Gasteiger partial charge >= 0.3 is 0 Å². The molecule has 0 aliphatic heterocycles. The van der Waals surface area contributed by atoms with Gasteiger partial charge < -0.3 is 5.32 Å². The summed E-state index contributed by atoms with van der Waals surface area (Å²) < 4.78 is 0. The van der Waals surface area contributed by atoms with Crippen molar-refractivity contribution >= 4 is 22.9 Å².